The van der Waals surface area contributed by atoms with Gasteiger partial charge in [0.2, 0.25) is 0 Å². The number of alkyl carbamates (subject to hydrolysis) is 6. The molecule has 12 aromatic rings. The van der Waals surface area contributed by atoms with E-state index in [2.05, 4.69) is 41.9 Å². The second kappa shape index (κ2) is 43.7. The third kappa shape index (κ3) is 26.5. The van der Waals surface area contributed by atoms with Gasteiger partial charge in [-0.25, -0.2) is 28.8 Å². The third-order valence-electron chi connectivity index (χ3n) is 19.8. The molecule has 6 aliphatic rings. The molecule has 0 bridgehead atoms. The SMILES string of the molecule is [2H]c1[nH]c2ccc(C[C@H]3COC(=O)N3)cc2c1CCN(C([2H])([2H])[2H])C([2H])([2H])[2H].[2H]c1[nH]c2ccc(C[C@H]3COC(=O)N3)cc2c1CCN(C)C.[2H]c1[nH]c2ccc(C[C@H]3COC(=O)N3)cc2c1CCN(C)C([2H])([2H])[2H].[2H]c1c(C[C@H]2COC(=O)N2[2H])c([2H])c2c(C([2H])([2H])C([2H])([2H])N(C([2H])([2H])[2H])C([2H])([2H])[2H])cn([2H])c2c1[2H].[2H]c1c(C[C@H]2COC(=O)N2[2H])c([2H])c2c(C([2H])([2H])C([2H])([2H])N(C)C([2H])([2H])[2H])cn([2H])c2c1[2H].[2H]c1c(C[C@H]2COC(=O)N2[2H])c([2H])c2c(C([2H])([2H])C([2H])([2H])N(C)C)cn([2H])c2c1[2H]. The summed E-state index contributed by atoms with van der Waals surface area (Å²) in [6.07, 6.45) is -6.95. The first-order chi connectivity index (χ1) is 80.0. The summed E-state index contributed by atoms with van der Waals surface area (Å²) in [4.78, 5) is 83.2. The van der Waals surface area contributed by atoms with Gasteiger partial charge in [-0.3, -0.25) is 0 Å². The Bertz CT molecular complexity index is 8040. The van der Waals surface area contributed by atoms with Crippen molar-refractivity contribution in [2.45, 2.75) is 113 Å². The molecule has 0 saturated carbocycles. The third-order valence-corrected chi connectivity index (χ3v) is 19.8. The fraction of sp³-hybridized carbons (Fsp3) is 0.438. The van der Waals surface area contributed by atoms with Crippen molar-refractivity contribution in [3.63, 3.8) is 0 Å². The lowest BCUT2D eigenvalue weighted by atomic mass is 10.0. The Morgan fingerprint density at radius 1 is 0.333 bits per heavy atom. The smallest absolute Gasteiger partial charge is 0.407 e. The number of fused-ring (bicyclic) bond motifs is 6. The zero-order chi connectivity index (χ0) is 130. The van der Waals surface area contributed by atoms with E-state index in [0.29, 0.717) is 104 Å². The lowest BCUT2D eigenvalue weighted by Gasteiger charge is -2.09. The summed E-state index contributed by atoms with van der Waals surface area (Å²) >= 11 is 0. The number of hydrogen-bond acceptors (Lipinski definition) is 18. The number of benzene rings is 6. The minimum atomic E-state index is -3.74. The molecule has 6 fully saturated rings. The molecule has 6 atom stereocenters. The Morgan fingerprint density at radius 3 is 0.937 bits per heavy atom. The lowest BCUT2D eigenvalue weighted by Crippen LogP contribution is -2.28. The molecular weight excluding hydrogens is 1600 g/mol. The number of likely N-dealkylation sites (N-methyl/N-ethyl adjacent to an activating group) is 6. The van der Waals surface area contributed by atoms with Crippen LogP contribution < -0.4 is 31.9 Å². The van der Waals surface area contributed by atoms with E-state index in [-0.39, 0.29) is 150 Å². The molecule has 0 radical (unpaired) electrons. The van der Waals surface area contributed by atoms with Gasteiger partial charge in [0.15, 0.2) is 8.47 Å². The van der Waals surface area contributed by atoms with Crippen LogP contribution in [0.4, 0.5) is 28.8 Å². The number of cyclic esters (lactones) is 6. The monoisotopic (exact) mass is 1770 g/mol. The van der Waals surface area contributed by atoms with E-state index < -0.39 is 198 Å². The van der Waals surface area contributed by atoms with E-state index in [4.69, 9.17) is 94.5 Å². The van der Waals surface area contributed by atoms with Crippen LogP contribution in [0.25, 0.3) is 65.4 Å². The average Bonchev–Trinajstić information content (AvgIpc) is 1.51. The molecule has 6 aromatic carbocycles. The van der Waals surface area contributed by atoms with Crippen molar-refractivity contribution >= 4 is 102 Å². The van der Waals surface area contributed by atoms with Crippen LogP contribution in [0.15, 0.2) is 146 Å². The number of H-pyrrole nitrogens is 6. The second-order valence-corrected chi connectivity index (χ2v) is 30.3. The average molecular weight is 1770 g/mol. The van der Waals surface area contributed by atoms with Crippen LogP contribution in [-0.2, 0) is 105 Å². The summed E-state index contributed by atoms with van der Waals surface area (Å²) in [5.41, 5.74) is 5.20. The molecule has 6 saturated heterocycles. The molecule has 0 unspecified atom stereocenters. The van der Waals surface area contributed by atoms with Gasteiger partial charge in [-0.15, -0.1) is 0 Å². The van der Waals surface area contributed by atoms with Crippen LogP contribution >= 0.6 is 0 Å². The molecule has 12 N–H and O–H groups in total. The predicted octanol–water partition coefficient (Wildman–Crippen LogP) is 11.5. The van der Waals surface area contributed by atoms with Gasteiger partial charge >= 0.3 is 36.6 Å². The van der Waals surface area contributed by atoms with E-state index in [1.165, 1.54) is 19.0 Å². The van der Waals surface area contributed by atoms with Gasteiger partial charge in [0.05, 0.1) is 52.7 Å². The number of nitrogens with one attached hydrogen (secondary N) is 12. The van der Waals surface area contributed by atoms with Crippen LogP contribution in [-0.4, -0.2) is 295 Å². The van der Waals surface area contributed by atoms with Gasteiger partial charge in [0, 0.05) is 183 Å². The van der Waals surface area contributed by atoms with Gasteiger partial charge in [0.25, 0.3) is 0 Å². The molecule has 672 valence electrons. The number of carbonyl (C=O) groups excluding carboxylic acids is 6. The van der Waals surface area contributed by atoms with E-state index in [0.717, 1.165) is 98.7 Å². The molecule has 126 heavy (non-hydrogen) atoms. The first-order valence-electron chi connectivity index (χ1n) is 63.4. The Balaban J connectivity index is 0.000000171. The highest BCUT2D eigenvalue weighted by Crippen LogP contribution is 2.29. The summed E-state index contributed by atoms with van der Waals surface area (Å²) in [7, 11) is 9.24. The first kappa shape index (κ1) is 48.0. The van der Waals surface area contributed by atoms with Crippen LogP contribution in [0.3, 0.4) is 0 Å². The highest BCUT2D eigenvalue weighted by molar-refractivity contribution is 5.88. The topological polar surface area (TPSA) is 344 Å². The first-order valence-corrected chi connectivity index (χ1v) is 39.7. The number of aryl methyl sites for hydroxylation is 3. The van der Waals surface area contributed by atoms with E-state index in [1.807, 2.05) is 62.6 Å². The molecule has 18 rings (SSSR count). The summed E-state index contributed by atoms with van der Waals surface area (Å²) in [5, 5.41) is 11.7. The summed E-state index contributed by atoms with van der Waals surface area (Å²) in [6, 6.07) is 10.5. The maximum absolute atomic E-state index is 11.5. The van der Waals surface area contributed by atoms with Gasteiger partial charge in [-0.2, -0.15) is 0 Å². The lowest BCUT2D eigenvalue weighted by molar-refractivity contribution is 0.176. The van der Waals surface area contributed by atoms with Crippen LogP contribution in [0.2, 0.25) is 8.47 Å². The zero-order valence-electron chi connectivity index (χ0n) is 117. The van der Waals surface area contributed by atoms with Crippen molar-refractivity contribution < 1.29 is 123 Å². The summed E-state index contributed by atoms with van der Waals surface area (Å²) < 4.78 is 411. The predicted molar refractivity (Wildman–Crippen MR) is 495 cm³/mol. The molecule has 30 nitrogen and oxygen atoms in total. The highest BCUT2D eigenvalue weighted by atomic mass is 16.6. The number of aromatic amines is 6. The molecule has 6 amide bonds. The number of amides is 6. The quantitative estimate of drug-likeness (QED) is 0.0186. The van der Waals surface area contributed by atoms with Gasteiger partial charge < -0.3 is 120 Å². The largest absolute Gasteiger partial charge is 0.447 e. The van der Waals surface area contributed by atoms with Crippen molar-refractivity contribution in [2.75, 3.05) is 163 Å². The van der Waals surface area contributed by atoms with Crippen LogP contribution in [0.1, 0.15) is 124 Å². The molecule has 0 spiro atoms. The van der Waals surface area contributed by atoms with Gasteiger partial charge in [-0.1, -0.05) is 36.3 Å². The molecule has 6 aromatic heterocycles. The van der Waals surface area contributed by atoms with Crippen molar-refractivity contribution in [2.24, 2.45) is 0 Å². The summed E-state index contributed by atoms with van der Waals surface area (Å²) in [5.74, 6) is 0. The van der Waals surface area contributed by atoms with Crippen molar-refractivity contribution in [1.82, 2.24) is 91.2 Å². The van der Waals surface area contributed by atoms with Crippen molar-refractivity contribution in [1.29, 1.82) is 0 Å². The van der Waals surface area contributed by atoms with Crippen molar-refractivity contribution in [3.05, 3.63) is 213 Å². The number of ether oxygens (including phenoxy) is 6. The maximum Gasteiger partial charge on any atom is 0.407 e. The molecule has 0 aliphatic carbocycles. The Kier molecular flexibility index (Phi) is 16.7. The van der Waals surface area contributed by atoms with Gasteiger partial charge in [0.1, 0.15) is 39.6 Å². The minimum absolute atomic E-state index is 0.00159. The van der Waals surface area contributed by atoms with E-state index >= 15 is 0 Å². The number of nitrogens with zero attached hydrogens (tertiary/aromatic N) is 6. The normalized spacial score (nSPS) is 25.3. The number of rotatable bonds is 30. The van der Waals surface area contributed by atoms with Crippen LogP contribution in [0, 0.1) is 0 Å². The highest BCUT2D eigenvalue weighted by Gasteiger charge is 2.29. The Morgan fingerprint density at radius 2 is 0.635 bits per heavy atom. The number of carbonyl (C=O) groups is 6. The van der Waals surface area contributed by atoms with E-state index in [1.54, 1.807) is 7.05 Å². The molecule has 12 heterocycles. The van der Waals surface area contributed by atoms with Crippen LogP contribution in [0.5, 0.6) is 0 Å². The zero-order valence-corrected chi connectivity index (χ0v) is 69.4. The fourth-order valence-electron chi connectivity index (χ4n) is 13.7. The number of hydrogen-bond donors (Lipinski definition) is 12. The van der Waals surface area contributed by atoms with Gasteiger partial charge in [-0.05, 0) is 300 Å². The fourth-order valence-corrected chi connectivity index (χ4v) is 13.7. The second-order valence-electron chi connectivity index (χ2n) is 30.3. The Hall–Kier alpha value is -12.1. The molecular formula is C96H126N18O12. The Labute approximate surface area is 804 Å². The standard InChI is InChI=1S/6C16H21N3O2/c6*1-19(2)6-5-12-9-17-15-4-3-11(8-14(12)15)7-13-10-21-16(20)18-13/h6*3-4,8-9,13,17H,5-7,10H2,1-2H3,(H,18,20)/t6*13-/m000000/s1/i1D3,2D3,3D,4D,5D2,6D2,8D;1D3,3D,4D,5D2,6D2,8D;3D,4D,5D2,6D2,8D;1D3,2D3,9D;1D3,9D;9D/hD6. The summed E-state index contributed by atoms with van der Waals surface area (Å²) in [6.45, 7) is -25.7. The molecule has 6 aliphatic heterocycles. The number of aromatic nitrogens is 6. The van der Waals surface area contributed by atoms with Crippen molar-refractivity contribution in [3.8, 4) is 0 Å². The minimum Gasteiger partial charge on any atom is -0.447 e. The van der Waals surface area contributed by atoms with E-state index in [9.17, 15) is 28.8 Å². The maximum atomic E-state index is 11.5. The molecule has 30 heteroatoms.